The summed E-state index contributed by atoms with van der Waals surface area (Å²) in [6, 6.07) is 6.00. The summed E-state index contributed by atoms with van der Waals surface area (Å²) in [7, 11) is 0. The van der Waals surface area contributed by atoms with Crippen molar-refractivity contribution in [2.75, 3.05) is 0 Å². The van der Waals surface area contributed by atoms with Crippen LogP contribution in [0.15, 0.2) is 35.2 Å². The molecule has 0 atom stereocenters. The molecule has 0 N–H and O–H groups in total. The second-order valence-corrected chi connectivity index (χ2v) is 2.95. The molecule has 0 fully saturated rings. The zero-order chi connectivity index (χ0) is 7.52. The Bertz CT molecular complexity index is 313. The van der Waals surface area contributed by atoms with Crippen molar-refractivity contribution in [1.82, 2.24) is 4.98 Å². The first kappa shape index (κ1) is 6.55. The predicted molar refractivity (Wildman–Crippen MR) is 46.4 cm³/mol. The number of pyridine rings is 1. The van der Waals surface area contributed by atoms with E-state index in [1.165, 1.54) is 5.56 Å². The topological polar surface area (TPSA) is 12.9 Å². The summed E-state index contributed by atoms with van der Waals surface area (Å²) in [5.74, 6) is 0. The summed E-state index contributed by atoms with van der Waals surface area (Å²) >= 11 is 1.69. The molecule has 0 unspecified atom stereocenters. The molecule has 11 heavy (non-hydrogen) atoms. The molecule has 0 spiro atoms. The van der Waals surface area contributed by atoms with Gasteiger partial charge in [0.05, 0.1) is 6.20 Å². The van der Waals surface area contributed by atoms with Crippen LogP contribution in [-0.4, -0.2) is 4.98 Å². The Hall–Kier alpha value is -1.15. The summed E-state index contributed by atoms with van der Waals surface area (Å²) in [5.41, 5.74) is 2.26. The Balaban J connectivity index is 2.46. The zero-order valence-corrected chi connectivity index (χ0v) is 6.64. The van der Waals surface area contributed by atoms with Gasteiger partial charge in [0, 0.05) is 11.8 Å². The molecule has 2 aromatic heterocycles. The molecule has 2 heterocycles. The lowest BCUT2D eigenvalue weighted by Gasteiger charge is -1.91. The highest BCUT2D eigenvalue weighted by Crippen LogP contribution is 2.19. The van der Waals surface area contributed by atoms with E-state index < -0.39 is 0 Å². The van der Waals surface area contributed by atoms with Gasteiger partial charge in [-0.1, -0.05) is 6.07 Å². The van der Waals surface area contributed by atoms with E-state index in [-0.39, 0.29) is 0 Å². The molecule has 0 bridgehead atoms. The van der Waals surface area contributed by atoms with Crippen LogP contribution in [0.1, 0.15) is 0 Å². The van der Waals surface area contributed by atoms with Crippen molar-refractivity contribution in [1.29, 1.82) is 0 Å². The molecular weight excluding hydrogens is 154 g/mol. The van der Waals surface area contributed by atoms with E-state index in [0.29, 0.717) is 0 Å². The second kappa shape index (κ2) is 2.84. The van der Waals surface area contributed by atoms with Crippen molar-refractivity contribution < 1.29 is 0 Å². The lowest BCUT2D eigenvalue weighted by molar-refractivity contribution is 1.31. The van der Waals surface area contributed by atoms with E-state index in [0.717, 1.165) is 5.56 Å². The Kier molecular flexibility index (Phi) is 1.69. The van der Waals surface area contributed by atoms with Crippen molar-refractivity contribution in [3.05, 3.63) is 41.4 Å². The van der Waals surface area contributed by atoms with Crippen molar-refractivity contribution in [2.24, 2.45) is 0 Å². The average molecular weight is 160 g/mol. The van der Waals surface area contributed by atoms with Crippen LogP contribution in [0.25, 0.3) is 11.1 Å². The third kappa shape index (κ3) is 1.30. The van der Waals surface area contributed by atoms with Crippen LogP contribution in [-0.2, 0) is 0 Å². The molecule has 0 saturated heterocycles. The number of aromatic nitrogens is 1. The molecule has 2 rings (SSSR count). The van der Waals surface area contributed by atoms with E-state index in [2.05, 4.69) is 28.0 Å². The first-order valence-corrected chi connectivity index (χ1v) is 4.26. The highest BCUT2D eigenvalue weighted by molar-refractivity contribution is 7.08. The molecule has 0 amide bonds. The molecule has 0 aliphatic rings. The van der Waals surface area contributed by atoms with Gasteiger partial charge in [0.1, 0.15) is 0 Å². The summed E-state index contributed by atoms with van der Waals surface area (Å²) in [6.45, 7) is 0. The third-order valence-corrected chi connectivity index (χ3v) is 2.12. The maximum atomic E-state index is 3.92. The average Bonchev–Trinajstić information content (AvgIpc) is 2.58. The van der Waals surface area contributed by atoms with Gasteiger partial charge in [-0.05, 0) is 28.5 Å². The minimum atomic E-state index is 1.06. The van der Waals surface area contributed by atoms with Crippen molar-refractivity contribution in [2.45, 2.75) is 0 Å². The minimum absolute atomic E-state index is 1.06. The lowest BCUT2D eigenvalue weighted by atomic mass is 10.2. The van der Waals surface area contributed by atoms with E-state index in [1.54, 1.807) is 17.5 Å². The number of hydrogen-bond acceptors (Lipinski definition) is 2. The molecule has 1 nitrogen and oxygen atoms in total. The molecule has 2 aromatic rings. The van der Waals surface area contributed by atoms with Crippen LogP contribution in [0, 0.1) is 6.20 Å². The maximum absolute atomic E-state index is 3.92. The molecule has 0 saturated carbocycles. The monoisotopic (exact) mass is 160 g/mol. The SMILES string of the molecule is [c]1ncccc1-c1ccsc1. The van der Waals surface area contributed by atoms with Crippen LogP contribution >= 0.6 is 11.3 Å². The molecule has 2 heteroatoms. The van der Waals surface area contributed by atoms with Crippen LogP contribution in [0.4, 0.5) is 0 Å². The third-order valence-electron chi connectivity index (χ3n) is 1.44. The Morgan fingerprint density at radius 3 is 3.00 bits per heavy atom. The van der Waals surface area contributed by atoms with Crippen LogP contribution in [0.5, 0.6) is 0 Å². The lowest BCUT2D eigenvalue weighted by Crippen LogP contribution is -1.74. The van der Waals surface area contributed by atoms with E-state index in [4.69, 9.17) is 0 Å². The fourth-order valence-electron chi connectivity index (χ4n) is 0.905. The predicted octanol–water partition coefficient (Wildman–Crippen LogP) is 2.61. The standard InChI is InChI=1S/C9H6NS/c1-2-8(6-10-4-1)9-3-5-11-7-9/h1-5,7H. The largest absolute Gasteiger partial charge is 0.254 e. The van der Waals surface area contributed by atoms with Crippen LogP contribution in [0.2, 0.25) is 0 Å². The van der Waals surface area contributed by atoms with Gasteiger partial charge in [0.2, 0.25) is 0 Å². The second-order valence-electron chi connectivity index (χ2n) is 2.17. The van der Waals surface area contributed by atoms with E-state index in [9.17, 15) is 0 Å². The minimum Gasteiger partial charge on any atom is -0.254 e. The van der Waals surface area contributed by atoms with Gasteiger partial charge < -0.3 is 0 Å². The maximum Gasteiger partial charge on any atom is 0.0971 e. The van der Waals surface area contributed by atoms with Gasteiger partial charge in [0.15, 0.2) is 0 Å². The van der Waals surface area contributed by atoms with Gasteiger partial charge in [-0.2, -0.15) is 11.3 Å². The van der Waals surface area contributed by atoms with E-state index in [1.807, 2.05) is 12.1 Å². The molecular formula is C9H6NS. The molecule has 0 aliphatic heterocycles. The number of nitrogens with zero attached hydrogens (tertiary/aromatic N) is 1. The van der Waals surface area contributed by atoms with Crippen molar-refractivity contribution in [3.8, 4) is 11.1 Å². The van der Waals surface area contributed by atoms with Gasteiger partial charge in [0.25, 0.3) is 0 Å². The Morgan fingerprint density at radius 2 is 2.36 bits per heavy atom. The Morgan fingerprint density at radius 1 is 1.36 bits per heavy atom. The van der Waals surface area contributed by atoms with Crippen LogP contribution < -0.4 is 0 Å². The number of hydrogen-bond donors (Lipinski definition) is 0. The summed E-state index contributed by atoms with van der Waals surface area (Å²) in [4.78, 5) is 3.92. The first-order chi connectivity index (χ1) is 5.47. The van der Waals surface area contributed by atoms with E-state index >= 15 is 0 Å². The highest BCUT2D eigenvalue weighted by Gasteiger charge is 1.95. The zero-order valence-electron chi connectivity index (χ0n) is 5.82. The molecule has 53 valence electrons. The number of thiophene rings is 1. The summed E-state index contributed by atoms with van der Waals surface area (Å²) in [5, 5.41) is 4.14. The highest BCUT2D eigenvalue weighted by atomic mass is 32.1. The smallest absolute Gasteiger partial charge is 0.0971 e. The Labute approximate surface area is 69.3 Å². The fraction of sp³-hybridized carbons (Fsp3) is 0. The summed E-state index contributed by atoms with van der Waals surface area (Å²) in [6.07, 6.45) is 4.66. The van der Waals surface area contributed by atoms with Crippen LogP contribution in [0.3, 0.4) is 0 Å². The normalized spacial score (nSPS) is 9.82. The van der Waals surface area contributed by atoms with Crippen molar-refractivity contribution in [3.63, 3.8) is 0 Å². The number of rotatable bonds is 1. The van der Waals surface area contributed by atoms with Gasteiger partial charge in [-0.3, -0.25) is 4.98 Å². The molecule has 0 aromatic carbocycles. The van der Waals surface area contributed by atoms with Gasteiger partial charge in [-0.15, -0.1) is 0 Å². The van der Waals surface area contributed by atoms with Gasteiger partial charge >= 0.3 is 0 Å². The molecule has 0 aliphatic carbocycles. The first-order valence-electron chi connectivity index (χ1n) is 3.32. The van der Waals surface area contributed by atoms with Gasteiger partial charge in [-0.25, -0.2) is 0 Å². The summed E-state index contributed by atoms with van der Waals surface area (Å²) < 4.78 is 0. The van der Waals surface area contributed by atoms with Crippen molar-refractivity contribution >= 4 is 11.3 Å². The molecule has 1 radical (unpaired) electrons. The quantitative estimate of drug-likeness (QED) is 0.625. The fourth-order valence-corrected chi connectivity index (χ4v) is 1.56.